The molecule has 31 heavy (non-hydrogen) atoms. The number of carboxylic acid groups (broad SMARTS) is 1. The summed E-state index contributed by atoms with van der Waals surface area (Å²) >= 11 is 3.46. The van der Waals surface area contributed by atoms with E-state index >= 15 is 0 Å². The van der Waals surface area contributed by atoms with Crippen LogP contribution in [0.25, 0.3) is 11.0 Å². The summed E-state index contributed by atoms with van der Waals surface area (Å²) in [5.41, 5.74) is 3.28. The number of piperidine rings is 1. The molecule has 0 atom stereocenters. The van der Waals surface area contributed by atoms with Gasteiger partial charge >= 0.3 is 6.09 Å². The number of fused-ring (bicyclic) bond motifs is 3. The van der Waals surface area contributed by atoms with Gasteiger partial charge in [-0.25, -0.2) is 4.79 Å². The van der Waals surface area contributed by atoms with Gasteiger partial charge in [0.05, 0.1) is 11.1 Å². The fourth-order valence-electron chi connectivity index (χ4n) is 4.56. The van der Waals surface area contributed by atoms with Crippen molar-refractivity contribution in [3.05, 3.63) is 63.8 Å². The molecule has 3 aromatic rings. The summed E-state index contributed by atoms with van der Waals surface area (Å²) in [4.78, 5) is 25.8. The third-order valence-corrected chi connectivity index (χ3v) is 6.96. The van der Waals surface area contributed by atoms with Gasteiger partial charge in [0.2, 0.25) is 0 Å². The van der Waals surface area contributed by atoms with Crippen molar-refractivity contribution in [3.8, 4) is 5.75 Å². The lowest BCUT2D eigenvalue weighted by Gasteiger charge is -2.38. The Kier molecular flexibility index (Phi) is 4.89. The quantitative estimate of drug-likeness (QED) is 0.569. The molecule has 160 valence electrons. The Labute approximate surface area is 187 Å². The molecule has 2 N–H and O–H groups in total. The lowest BCUT2D eigenvalue weighted by atomic mass is 9.74. The summed E-state index contributed by atoms with van der Waals surface area (Å²) < 4.78 is 12.2. The highest BCUT2D eigenvalue weighted by molar-refractivity contribution is 9.10. The highest BCUT2D eigenvalue weighted by Gasteiger charge is 2.44. The van der Waals surface area contributed by atoms with Crippen LogP contribution in [-0.4, -0.2) is 41.7 Å². The SMILES string of the molecule is O=C(O)NCc1ccc2c(c1)C1(CCN(C(=O)c3ccc4occ(Br)c4c3)CC1)CO2. The zero-order valence-corrected chi connectivity index (χ0v) is 18.3. The summed E-state index contributed by atoms with van der Waals surface area (Å²) in [6.07, 6.45) is 2.19. The van der Waals surface area contributed by atoms with Gasteiger partial charge in [0, 0.05) is 41.6 Å². The third kappa shape index (κ3) is 3.54. The molecule has 2 amide bonds. The summed E-state index contributed by atoms with van der Waals surface area (Å²) in [6.45, 7) is 2.14. The number of nitrogens with zero attached hydrogens (tertiary/aromatic N) is 1. The van der Waals surface area contributed by atoms with E-state index in [1.807, 2.05) is 35.2 Å². The van der Waals surface area contributed by atoms with E-state index in [9.17, 15) is 9.59 Å². The number of benzene rings is 2. The van der Waals surface area contributed by atoms with Crippen LogP contribution in [0.3, 0.4) is 0 Å². The van der Waals surface area contributed by atoms with Crippen molar-refractivity contribution in [2.45, 2.75) is 24.8 Å². The predicted octanol–water partition coefficient (Wildman–Crippen LogP) is 4.53. The van der Waals surface area contributed by atoms with E-state index in [-0.39, 0.29) is 17.9 Å². The van der Waals surface area contributed by atoms with Crippen LogP contribution in [0.15, 0.2) is 51.6 Å². The van der Waals surface area contributed by atoms with Crippen molar-refractivity contribution >= 4 is 38.9 Å². The van der Waals surface area contributed by atoms with Gasteiger partial charge < -0.3 is 24.5 Å². The first-order valence-electron chi connectivity index (χ1n) is 10.1. The van der Waals surface area contributed by atoms with Crippen LogP contribution in [0, 0.1) is 0 Å². The standard InChI is InChI=1S/C23H21BrN2O5/c24-18-12-30-19-4-2-15(10-16(18)19)21(27)26-7-5-23(6-8-26)13-31-20-3-1-14(9-17(20)23)11-25-22(28)29/h1-4,9-10,12,25H,5-8,11,13H2,(H,28,29). The van der Waals surface area contributed by atoms with Crippen LogP contribution in [0.5, 0.6) is 5.75 Å². The molecule has 0 unspecified atom stereocenters. The molecule has 0 bridgehead atoms. The molecule has 1 fully saturated rings. The van der Waals surface area contributed by atoms with Gasteiger partial charge in [-0.15, -0.1) is 0 Å². The Morgan fingerprint density at radius 1 is 1.16 bits per heavy atom. The van der Waals surface area contributed by atoms with Gasteiger partial charge in [0.25, 0.3) is 5.91 Å². The van der Waals surface area contributed by atoms with Crippen LogP contribution in [0.2, 0.25) is 0 Å². The number of amides is 2. The summed E-state index contributed by atoms with van der Waals surface area (Å²) in [5, 5.41) is 12.2. The first-order valence-corrected chi connectivity index (χ1v) is 10.9. The lowest BCUT2D eigenvalue weighted by Crippen LogP contribution is -2.46. The Hall–Kier alpha value is -3.00. The Morgan fingerprint density at radius 3 is 2.74 bits per heavy atom. The number of hydrogen-bond acceptors (Lipinski definition) is 4. The molecule has 0 radical (unpaired) electrons. The van der Waals surface area contributed by atoms with Gasteiger partial charge in [-0.3, -0.25) is 4.79 Å². The summed E-state index contributed by atoms with van der Waals surface area (Å²) in [6, 6.07) is 11.3. The number of carbonyl (C=O) groups is 2. The zero-order valence-electron chi connectivity index (χ0n) is 16.7. The highest BCUT2D eigenvalue weighted by atomic mass is 79.9. The molecule has 2 aromatic carbocycles. The average molecular weight is 485 g/mol. The number of rotatable bonds is 3. The molecule has 8 heteroatoms. The number of hydrogen-bond donors (Lipinski definition) is 2. The summed E-state index contributed by atoms with van der Waals surface area (Å²) in [5.74, 6) is 0.873. The molecular formula is C23H21BrN2O5. The van der Waals surface area contributed by atoms with Gasteiger partial charge in [0.15, 0.2) is 0 Å². The molecule has 5 rings (SSSR count). The Morgan fingerprint density at radius 2 is 1.97 bits per heavy atom. The minimum Gasteiger partial charge on any atom is -0.492 e. The number of ether oxygens (including phenoxy) is 1. The van der Waals surface area contributed by atoms with E-state index in [0.717, 1.165) is 45.2 Å². The van der Waals surface area contributed by atoms with Crippen LogP contribution < -0.4 is 10.1 Å². The molecule has 0 aliphatic carbocycles. The molecule has 2 aliphatic heterocycles. The minimum atomic E-state index is -1.04. The molecule has 0 saturated carbocycles. The predicted molar refractivity (Wildman–Crippen MR) is 118 cm³/mol. The topological polar surface area (TPSA) is 92.0 Å². The van der Waals surface area contributed by atoms with Crippen molar-refractivity contribution in [2.75, 3.05) is 19.7 Å². The zero-order chi connectivity index (χ0) is 21.6. The van der Waals surface area contributed by atoms with E-state index in [2.05, 4.69) is 21.2 Å². The normalized spacial score (nSPS) is 16.9. The van der Waals surface area contributed by atoms with Crippen LogP contribution in [0.4, 0.5) is 4.79 Å². The van der Waals surface area contributed by atoms with Crippen molar-refractivity contribution < 1.29 is 23.8 Å². The van der Waals surface area contributed by atoms with Gasteiger partial charge in [0.1, 0.15) is 17.6 Å². The Balaban J connectivity index is 1.32. The molecular weight excluding hydrogens is 464 g/mol. The fraction of sp³-hybridized carbons (Fsp3) is 0.304. The second kappa shape index (κ2) is 7.60. The third-order valence-electron chi connectivity index (χ3n) is 6.34. The van der Waals surface area contributed by atoms with Gasteiger partial charge in [-0.2, -0.15) is 0 Å². The molecule has 7 nitrogen and oxygen atoms in total. The van der Waals surface area contributed by atoms with Gasteiger partial charge in [-0.05, 0) is 64.7 Å². The first-order chi connectivity index (χ1) is 14.9. The average Bonchev–Trinajstić information content (AvgIpc) is 3.33. The van der Waals surface area contributed by atoms with Crippen molar-refractivity contribution in [1.82, 2.24) is 10.2 Å². The maximum Gasteiger partial charge on any atom is 0.404 e. The second-order valence-electron chi connectivity index (χ2n) is 8.15. The molecule has 1 saturated heterocycles. The maximum atomic E-state index is 13.1. The van der Waals surface area contributed by atoms with Crippen molar-refractivity contribution in [2.24, 2.45) is 0 Å². The Bertz CT molecular complexity index is 1180. The van der Waals surface area contributed by atoms with Crippen LogP contribution in [0.1, 0.15) is 34.3 Å². The number of carbonyl (C=O) groups excluding carboxylic acids is 1. The first kappa shape index (κ1) is 19.9. The number of nitrogens with one attached hydrogen (secondary N) is 1. The van der Waals surface area contributed by atoms with E-state index in [1.54, 1.807) is 12.3 Å². The molecule has 2 aliphatic rings. The number of halogens is 1. The van der Waals surface area contributed by atoms with Crippen molar-refractivity contribution in [3.63, 3.8) is 0 Å². The van der Waals surface area contributed by atoms with Crippen molar-refractivity contribution in [1.29, 1.82) is 0 Å². The number of furan rings is 1. The van der Waals surface area contributed by atoms with Gasteiger partial charge in [-0.1, -0.05) is 6.07 Å². The van der Waals surface area contributed by atoms with E-state index in [0.29, 0.717) is 25.3 Å². The minimum absolute atomic E-state index is 0.0170. The largest absolute Gasteiger partial charge is 0.492 e. The molecule has 1 aromatic heterocycles. The fourth-order valence-corrected chi connectivity index (χ4v) is 4.97. The molecule has 1 spiro atoms. The monoisotopic (exact) mass is 484 g/mol. The second-order valence-corrected chi connectivity index (χ2v) is 9.00. The highest BCUT2D eigenvalue weighted by Crippen LogP contribution is 2.46. The van der Waals surface area contributed by atoms with E-state index in [1.165, 1.54) is 0 Å². The maximum absolute atomic E-state index is 13.1. The van der Waals surface area contributed by atoms with E-state index < -0.39 is 6.09 Å². The number of likely N-dealkylation sites (tertiary alicyclic amines) is 1. The van der Waals surface area contributed by atoms with Crippen LogP contribution >= 0.6 is 15.9 Å². The molecule has 3 heterocycles. The summed E-state index contributed by atoms with van der Waals surface area (Å²) in [7, 11) is 0. The van der Waals surface area contributed by atoms with E-state index in [4.69, 9.17) is 14.3 Å². The van der Waals surface area contributed by atoms with Crippen LogP contribution in [-0.2, 0) is 12.0 Å². The smallest absolute Gasteiger partial charge is 0.404 e. The lowest BCUT2D eigenvalue weighted by molar-refractivity contribution is 0.0646.